The van der Waals surface area contributed by atoms with Gasteiger partial charge in [0.1, 0.15) is 5.82 Å². The SMILES string of the molecule is CC(C)(C)CN1CCC(n2nccc2NC(=O)[C@H]2CCOC2)CC1. The normalized spacial score (nSPS) is 23.5. The third kappa shape index (κ3) is 4.36. The largest absolute Gasteiger partial charge is 0.381 e. The molecular weight excluding hydrogens is 304 g/mol. The third-order valence-electron chi connectivity index (χ3n) is 4.82. The summed E-state index contributed by atoms with van der Waals surface area (Å²) in [4.78, 5) is 14.9. The molecule has 0 aliphatic carbocycles. The lowest BCUT2D eigenvalue weighted by atomic mass is 9.94. The van der Waals surface area contributed by atoms with Crippen LogP contribution < -0.4 is 5.32 Å². The Balaban J connectivity index is 1.57. The van der Waals surface area contributed by atoms with Crippen LogP contribution in [0, 0.1) is 11.3 Å². The van der Waals surface area contributed by atoms with Gasteiger partial charge in [-0.3, -0.25) is 4.79 Å². The van der Waals surface area contributed by atoms with Crippen molar-refractivity contribution in [2.24, 2.45) is 11.3 Å². The molecule has 6 nitrogen and oxygen atoms in total. The van der Waals surface area contributed by atoms with Gasteiger partial charge >= 0.3 is 0 Å². The Morgan fingerprint density at radius 2 is 2.08 bits per heavy atom. The zero-order valence-corrected chi connectivity index (χ0v) is 15.1. The van der Waals surface area contributed by atoms with E-state index in [1.165, 1.54) is 0 Å². The van der Waals surface area contributed by atoms with Crippen LogP contribution in [0.5, 0.6) is 0 Å². The standard InChI is InChI=1S/C18H30N4O2/c1-18(2,3)13-21-9-5-15(6-10-21)22-16(4-8-19-22)20-17(23)14-7-11-24-12-14/h4,8,14-15H,5-7,9-13H2,1-3H3,(H,20,23)/t14-/m0/s1. The summed E-state index contributed by atoms with van der Waals surface area (Å²) in [5.74, 6) is 0.850. The number of anilines is 1. The van der Waals surface area contributed by atoms with E-state index in [-0.39, 0.29) is 11.8 Å². The van der Waals surface area contributed by atoms with E-state index in [1.54, 1.807) is 6.20 Å². The van der Waals surface area contributed by atoms with Crippen molar-refractivity contribution in [2.75, 3.05) is 38.2 Å². The highest BCUT2D eigenvalue weighted by molar-refractivity contribution is 5.92. The first-order valence-corrected chi connectivity index (χ1v) is 9.07. The first kappa shape index (κ1) is 17.4. The predicted molar refractivity (Wildman–Crippen MR) is 93.9 cm³/mol. The van der Waals surface area contributed by atoms with Gasteiger partial charge in [0.25, 0.3) is 0 Å². The maximum Gasteiger partial charge on any atom is 0.231 e. The molecular formula is C18H30N4O2. The van der Waals surface area contributed by atoms with Crippen molar-refractivity contribution in [1.82, 2.24) is 14.7 Å². The van der Waals surface area contributed by atoms with E-state index in [2.05, 4.69) is 36.1 Å². The van der Waals surface area contributed by atoms with Crippen LogP contribution >= 0.6 is 0 Å². The van der Waals surface area contributed by atoms with Crippen LogP contribution in [0.3, 0.4) is 0 Å². The molecule has 24 heavy (non-hydrogen) atoms. The summed E-state index contributed by atoms with van der Waals surface area (Å²) in [6.07, 6.45) is 4.74. The third-order valence-corrected chi connectivity index (χ3v) is 4.82. The topological polar surface area (TPSA) is 59.4 Å². The smallest absolute Gasteiger partial charge is 0.231 e. The molecule has 6 heteroatoms. The van der Waals surface area contributed by atoms with Crippen molar-refractivity contribution in [3.05, 3.63) is 12.3 Å². The van der Waals surface area contributed by atoms with Gasteiger partial charge in [0.05, 0.1) is 24.8 Å². The average Bonchev–Trinajstić information content (AvgIpc) is 3.17. The number of carbonyl (C=O) groups is 1. The van der Waals surface area contributed by atoms with E-state index >= 15 is 0 Å². The van der Waals surface area contributed by atoms with Crippen molar-refractivity contribution < 1.29 is 9.53 Å². The van der Waals surface area contributed by atoms with Gasteiger partial charge in [-0.25, -0.2) is 4.68 Å². The molecule has 0 radical (unpaired) electrons. The summed E-state index contributed by atoms with van der Waals surface area (Å²) in [5.41, 5.74) is 0.334. The predicted octanol–water partition coefficient (Wildman–Crippen LogP) is 2.54. The second-order valence-electron chi connectivity index (χ2n) is 8.28. The van der Waals surface area contributed by atoms with E-state index in [4.69, 9.17) is 4.74 Å². The first-order chi connectivity index (χ1) is 11.4. The summed E-state index contributed by atoms with van der Waals surface area (Å²) in [6, 6.07) is 2.27. The molecule has 1 aromatic rings. The molecule has 1 atom stereocenters. The Hall–Kier alpha value is -1.40. The van der Waals surface area contributed by atoms with Crippen molar-refractivity contribution >= 4 is 11.7 Å². The van der Waals surface area contributed by atoms with Gasteiger partial charge in [0.15, 0.2) is 0 Å². The van der Waals surface area contributed by atoms with Gasteiger partial charge in [-0.05, 0) is 24.7 Å². The Bertz CT molecular complexity index is 550. The molecule has 1 aromatic heterocycles. The fourth-order valence-corrected chi connectivity index (χ4v) is 3.67. The number of amides is 1. The molecule has 1 amide bonds. The van der Waals surface area contributed by atoms with Crippen molar-refractivity contribution in [3.63, 3.8) is 0 Å². The average molecular weight is 334 g/mol. The van der Waals surface area contributed by atoms with E-state index in [9.17, 15) is 4.79 Å². The van der Waals surface area contributed by atoms with Crippen LogP contribution in [-0.4, -0.2) is 53.4 Å². The van der Waals surface area contributed by atoms with Crippen LogP contribution in [0.15, 0.2) is 12.3 Å². The molecule has 0 spiro atoms. The molecule has 2 aliphatic heterocycles. The Kier molecular flexibility index (Phi) is 5.25. The second kappa shape index (κ2) is 7.23. The highest BCUT2D eigenvalue weighted by Gasteiger charge is 2.27. The van der Waals surface area contributed by atoms with Gasteiger partial charge < -0.3 is 15.0 Å². The quantitative estimate of drug-likeness (QED) is 0.919. The Morgan fingerprint density at radius 1 is 1.33 bits per heavy atom. The number of piperidine rings is 1. The molecule has 0 aromatic carbocycles. The minimum absolute atomic E-state index is 0.0259. The summed E-state index contributed by atoms with van der Waals surface area (Å²) >= 11 is 0. The lowest BCUT2D eigenvalue weighted by Gasteiger charge is -2.36. The summed E-state index contributed by atoms with van der Waals surface area (Å²) in [6.45, 7) is 11.4. The number of carbonyl (C=O) groups excluding carboxylic acids is 1. The number of aromatic nitrogens is 2. The summed E-state index contributed by atoms with van der Waals surface area (Å²) < 4.78 is 7.31. The zero-order valence-electron chi connectivity index (χ0n) is 15.1. The van der Waals surface area contributed by atoms with Crippen LogP contribution in [0.25, 0.3) is 0 Å². The molecule has 2 fully saturated rings. The number of nitrogens with zero attached hydrogens (tertiary/aromatic N) is 3. The second-order valence-corrected chi connectivity index (χ2v) is 8.28. The van der Waals surface area contributed by atoms with Gasteiger partial charge in [-0.2, -0.15) is 5.10 Å². The van der Waals surface area contributed by atoms with Gasteiger partial charge in [-0.1, -0.05) is 20.8 Å². The number of ether oxygens (including phenoxy) is 1. The highest BCUT2D eigenvalue weighted by atomic mass is 16.5. The lowest BCUT2D eigenvalue weighted by Crippen LogP contribution is -2.40. The first-order valence-electron chi connectivity index (χ1n) is 9.07. The minimum Gasteiger partial charge on any atom is -0.381 e. The van der Waals surface area contributed by atoms with Crippen LogP contribution in [0.4, 0.5) is 5.82 Å². The molecule has 0 unspecified atom stereocenters. The monoisotopic (exact) mass is 334 g/mol. The maximum atomic E-state index is 12.3. The Morgan fingerprint density at radius 3 is 2.71 bits per heavy atom. The van der Waals surface area contributed by atoms with Gasteiger partial charge in [0, 0.05) is 32.3 Å². The maximum absolute atomic E-state index is 12.3. The molecule has 3 heterocycles. The number of hydrogen-bond acceptors (Lipinski definition) is 4. The lowest BCUT2D eigenvalue weighted by molar-refractivity contribution is -0.119. The molecule has 0 saturated carbocycles. The fraction of sp³-hybridized carbons (Fsp3) is 0.778. The van der Waals surface area contributed by atoms with Crippen LogP contribution in [0.1, 0.15) is 46.1 Å². The van der Waals surface area contributed by atoms with Crippen LogP contribution in [0.2, 0.25) is 0 Å². The van der Waals surface area contributed by atoms with E-state index in [1.807, 2.05) is 10.7 Å². The molecule has 2 saturated heterocycles. The van der Waals surface area contributed by atoms with Crippen LogP contribution in [-0.2, 0) is 9.53 Å². The number of rotatable bonds is 4. The molecule has 1 N–H and O–H groups in total. The summed E-state index contributed by atoms with van der Waals surface area (Å²) in [7, 11) is 0. The molecule has 3 rings (SSSR count). The van der Waals surface area contributed by atoms with E-state index < -0.39 is 0 Å². The molecule has 2 aliphatic rings. The fourth-order valence-electron chi connectivity index (χ4n) is 3.67. The van der Waals surface area contributed by atoms with Crippen molar-refractivity contribution in [1.29, 1.82) is 0 Å². The van der Waals surface area contributed by atoms with Gasteiger partial charge in [-0.15, -0.1) is 0 Å². The molecule has 134 valence electrons. The van der Waals surface area contributed by atoms with E-state index in [0.717, 1.165) is 44.7 Å². The molecule has 0 bridgehead atoms. The number of nitrogens with one attached hydrogen (secondary N) is 1. The zero-order chi connectivity index (χ0) is 17.2. The van der Waals surface area contributed by atoms with Crippen molar-refractivity contribution in [3.8, 4) is 0 Å². The number of likely N-dealkylation sites (tertiary alicyclic amines) is 1. The van der Waals surface area contributed by atoms with E-state index in [0.29, 0.717) is 24.7 Å². The Labute approximate surface area is 144 Å². The highest BCUT2D eigenvalue weighted by Crippen LogP contribution is 2.27. The summed E-state index contributed by atoms with van der Waals surface area (Å²) in [5, 5.41) is 7.52. The van der Waals surface area contributed by atoms with Gasteiger partial charge in [0.2, 0.25) is 5.91 Å². The van der Waals surface area contributed by atoms with Crippen molar-refractivity contribution in [2.45, 2.75) is 46.1 Å². The number of hydrogen-bond donors (Lipinski definition) is 1. The minimum atomic E-state index is -0.0259.